The molecule has 0 heterocycles. The summed E-state index contributed by atoms with van der Waals surface area (Å²) in [6, 6.07) is 12.6. The van der Waals surface area contributed by atoms with Gasteiger partial charge in [-0.3, -0.25) is 0 Å². The number of nitrogens with zero attached hydrogens (tertiary/aromatic N) is 1. The molecule has 1 atom stereocenters. The van der Waals surface area contributed by atoms with Crippen LogP contribution in [0.2, 0.25) is 0 Å². The van der Waals surface area contributed by atoms with Crippen LogP contribution < -0.4 is 5.11 Å². The topological polar surface area (TPSA) is 63.6 Å². The second-order valence-corrected chi connectivity index (χ2v) is 6.75. The molecule has 2 aromatic carbocycles. The molecular formula is C22H28NO3-. The van der Waals surface area contributed by atoms with Crippen LogP contribution >= 0.6 is 0 Å². The van der Waals surface area contributed by atoms with Crippen LogP contribution in [0.15, 0.2) is 42.5 Å². The van der Waals surface area contributed by atoms with Gasteiger partial charge >= 0.3 is 0 Å². The second kappa shape index (κ2) is 8.47. The van der Waals surface area contributed by atoms with Gasteiger partial charge in [0.2, 0.25) is 0 Å². The molecule has 2 aromatic rings. The van der Waals surface area contributed by atoms with Crippen molar-refractivity contribution in [1.82, 2.24) is 4.90 Å². The SMILES string of the molecule is CCN(CC)CCc1ccccc1C(O)(C(=O)[O-])c1ccc(C)cc1C. The molecule has 4 nitrogen and oxygen atoms in total. The first-order valence-electron chi connectivity index (χ1n) is 9.16. The molecule has 0 spiro atoms. The Morgan fingerprint density at radius 1 is 1.08 bits per heavy atom. The molecule has 0 aromatic heterocycles. The Balaban J connectivity index is 2.52. The first-order chi connectivity index (χ1) is 12.3. The lowest BCUT2D eigenvalue weighted by atomic mass is 9.80. The van der Waals surface area contributed by atoms with Crippen molar-refractivity contribution in [3.63, 3.8) is 0 Å². The van der Waals surface area contributed by atoms with Gasteiger partial charge in [0, 0.05) is 6.54 Å². The third kappa shape index (κ3) is 3.97. The van der Waals surface area contributed by atoms with Crippen LogP contribution in [0.3, 0.4) is 0 Å². The highest BCUT2D eigenvalue weighted by Crippen LogP contribution is 2.34. The molecule has 0 aliphatic heterocycles. The lowest BCUT2D eigenvalue weighted by Gasteiger charge is -2.34. The molecule has 0 aliphatic rings. The Bertz CT molecular complexity index is 768. The number of carbonyl (C=O) groups is 1. The van der Waals surface area contributed by atoms with Crippen molar-refractivity contribution < 1.29 is 15.0 Å². The van der Waals surface area contributed by atoms with E-state index in [-0.39, 0.29) is 0 Å². The average molecular weight is 354 g/mol. The summed E-state index contributed by atoms with van der Waals surface area (Å²) < 4.78 is 0. The number of likely N-dealkylation sites (N-methyl/N-ethyl adjacent to an activating group) is 1. The number of rotatable bonds is 8. The molecule has 4 heteroatoms. The third-order valence-electron chi connectivity index (χ3n) is 5.07. The molecule has 26 heavy (non-hydrogen) atoms. The lowest BCUT2D eigenvalue weighted by molar-refractivity contribution is -0.323. The molecule has 0 fully saturated rings. The molecular weight excluding hydrogens is 326 g/mol. The molecule has 2 rings (SSSR count). The van der Waals surface area contributed by atoms with Gasteiger partial charge in [-0.05, 0) is 55.6 Å². The molecule has 0 aliphatic carbocycles. The van der Waals surface area contributed by atoms with Gasteiger partial charge in [0.15, 0.2) is 5.60 Å². The van der Waals surface area contributed by atoms with Gasteiger partial charge in [-0.2, -0.15) is 0 Å². The number of aliphatic hydroxyl groups is 1. The maximum atomic E-state index is 12.1. The van der Waals surface area contributed by atoms with E-state index in [0.717, 1.165) is 36.3 Å². The molecule has 0 amide bonds. The fourth-order valence-electron chi connectivity index (χ4n) is 3.49. The van der Waals surface area contributed by atoms with Gasteiger partial charge in [-0.25, -0.2) is 0 Å². The highest BCUT2D eigenvalue weighted by Gasteiger charge is 2.36. The minimum Gasteiger partial charge on any atom is -0.546 e. The maximum absolute atomic E-state index is 12.1. The molecule has 0 saturated heterocycles. The summed E-state index contributed by atoms with van der Waals surface area (Å²) in [6.45, 7) is 10.6. The fourth-order valence-corrected chi connectivity index (χ4v) is 3.49. The molecule has 0 bridgehead atoms. The highest BCUT2D eigenvalue weighted by atomic mass is 16.4. The van der Waals surface area contributed by atoms with Crippen molar-refractivity contribution in [1.29, 1.82) is 0 Å². The Hall–Kier alpha value is -2.17. The Labute approximate surface area is 156 Å². The van der Waals surface area contributed by atoms with Crippen LogP contribution in [0.25, 0.3) is 0 Å². The zero-order valence-electron chi connectivity index (χ0n) is 16.1. The summed E-state index contributed by atoms with van der Waals surface area (Å²) in [4.78, 5) is 14.4. The van der Waals surface area contributed by atoms with Gasteiger partial charge in [0.05, 0.1) is 5.97 Å². The normalized spacial score (nSPS) is 13.6. The number of benzene rings is 2. The summed E-state index contributed by atoms with van der Waals surface area (Å²) in [6.07, 6.45) is 0.665. The predicted octanol–water partition coefficient (Wildman–Crippen LogP) is 2.17. The van der Waals surface area contributed by atoms with Gasteiger partial charge in [-0.1, -0.05) is 61.9 Å². The monoisotopic (exact) mass is 354 g/mol. The van der Waals surface area contributed by atoms with Crippen LogP contribution in [0.1, 0.15) is 41.7 Å². The minimum absolute atomic E-state index is 0.360. The maximum Gasteiger partial charge on any atom is 0.155 e. The van der Waals surface area contributed by atoms with E-state index in [0.29, 0.717) is 17.5 Å². The van der Waals surface area contributed by atoms with E-state index in [4.69, 9.17) is 0 Å². The minimum atomic E-state index is -2.17. The van der Waals surface area contributed by atoms with Crippen LogP contribution in [-0.4, -0.2) is 35.6 Å². The van der Waals surface area contributed by atoms with Crippen molar-refractivity contribution in [2.75, 3.05) is 19.6 Å². The Kier molecular flexibility index (Phi) is 6.57. The lowest BCUT2D eigenvalue weighted by Crippen LogP contribution is -2.47. The van der Waals surface area contributed by atoms with Crippen molar-refractivity contribution in [2.24, 2.45) is 0 Å². The number of hydrogen-bond donors (Lipinski definition) is 1. The van der Waals surface area contributed by atoms with E-state index in [1.54, 1.807) is 18.2 Å². The molecule has 1 N–H and O–H groups in total. The average Bonchev–Trinajstić information content (AvgIpc) is 2.62. The first kappa shape index (κ1) is 20.1. The van der Waals surface area contributed by atoms with Gasteiger partial charge in [0.25, 0.3) is 0 Å². The van der Waals surface area contributed by atoms with Crippen LogP contribution in [0.4, 0.5) is 0 Å². The quantitative estimate of drug-likeness (QED) is 0.789. The second-order valence-electron chi connectivity index (χ2n) is 6.75. The number of carbonyl (C=O) groups excluding carboxylic acids is 1. The number of carboxylic acid groups (broad SMARTS) is 1. The number of aryl methyl sites for hydroxylation is 2. The smallest absolute Gasteiger partial charge is 0.155 e. The zero-order valence-corrected chi connectivity index (χ0v) is 16.1. The third-order valence-corrected chi connectivity index (χ3v) is 5.07. The number of carboxylic acids is 1. The summed E-state index contributed by atoms with van der Waals surface area (Å²) >= 11 is 0. The summed E-state index contributed by atoms with van der Waals surface area (Å²) in [5.74, 6) is -1.50. The molecule has 1 unspecified atom stereocenters. The van der Waals surface area contributed by atoms with Crippen molar-refractivity contribution in [2.45, 2.75) is 39.7 Å². The Morgan fingerprint density at radius 3 is 2.31 bits per heavy atom. The number of hydrogen-bond acceptors (Lipinski definition) is 4. The predicted molar refractivity (Wildman–Crippen MR) is 102 cm³/mol. The molecule has 140 valence electrons. The van der Waals surface area contributed by atoms with Crippen LogP contribution in [-0.2, 0) is 16.8 Å². The summed E-state index contributed by atoms with van der Waals surface area (Å²) in [5, 5.41) is 23.4. The van der Waals surface area contributed by atoms with E-state index in [1.807, 2.05) is 38.1 Å². The van der Waals surface area contributed by atoms with Crippen molar-refractivity contribution >= 4 is 5.97 Å². The van der Waals surface area contributed by atoms with Gasteiger partial charge in [-0.15, -0.1) is 0 Å². The Morgan fingerprint density at radius 2 is 1.73 bits per heavy atom. The number of aliphatic carboxylic acids is 1. The standard InChI is InChI=1S/C22H29NO3/c1-5-23(6-2)14-13-18-9-7-8-10-20(18)22(26,21(24)25)19-12-11-16(3)15-17(19)4/h7-12,15,26H,5-6,13-14H2,1-4H3,(H,24,25)/p-1. The largest absolute Gasteiger partial charge is 0.546 e. The summed E-state index contributed by atoms with van der Waals surface area (Å²) in [5.41, 5.74) is 1.15. The fraction of sp³-hybridized carbons (Fsp3) is 0.409. The van der Waals surface area contributed by atoms with Gasteiger partial charge < -0.3 is 19.9 Å². The zero-order chi connectivity index (χ0) is 19.3. The molecule has 0 saturated carbocycles. The summed E-state index contributed by atoms with van der Waals surface area (Å²) in [7, 11) is 0. The van der Waals surface area contributed by atoms with Gasteiger partial charge in [0.1, 0.15) is 0 Å². The van der Waals surface area contributed by atoms with E-state index < -0.39 is 11.6 Å². The molecule has 0 radical (unpaired) electrons. The van der Waals surface area contributed by atoms with Crippen molar-refractivity contribution in [3.8, 4) is 0 Å². The first-order valence-corrected chi connectivity index (χ1v) is 9.16. The van der Waals surface area contributed by atoms with E-state index in [9.17, 15) is 15.0 Å². The highest BCUT2D eigenvalue weighted by molar-refractivity contribution is 5.83. The van der Waals surface area contributed by atoms with E-state index in [1.165, 1.54) is 0 Å². The van der Waals surface area contributed by atoms with Crippen LogP contribution in [0.5, 0.6) is 0 Å². The van der Waals surface area contributed by atoms with Crippen molar-refractivity contribution in [3.05, 3.63) is 70.3 Å². The van der Waals surface area contributed by atoms with E-state index in [2.05, 4.69) is 18.7 Å². The van der Waals surface area contributed by atoms with Crippen LogP contribution in [0, 0.1) is 13.8 Å². The van der Waals surface area contributed by atoms with E-state index >= 15 is 0 Å².